The molecule has 2 atom stereocenters. The van der Waals surface area contributed by atoms with E-state index in [0.29, 0.717) is 0 Å². The molecule has 1 saturated heterocycles. The molecule has 174 valence electrons. The molecule has 0 spiro atoms. The van der Waals surface area contributed by atoms with Crippen molar-refractivity contribution in [3.63, 3.8) is 0 Å². The van der Waals surface area contributed by atoms with E-state index in [0.717, 1.165) is 44.8 Å². The number of fused-ring (bicyclic) bond motifs is 6. The number of H-pyrrole nitrogens is 1. The molecule has 4 aliphatic rings. The van der Waals surface area contributed by atoms with Crippen LogP contribution in [0.3, 0.4) is 0 Å². The van der Waals surface area contributed by atoms with E-state index in [1.165, 1.54) is 0 Å². The van der Waals surface area contributed by atoms with Gasteiger partial charge in [0.1, 0.15) is 11.1 Å². The van der Waals surface area contributed by atoms with Crippen LogP contribution >= 0.6 is 0 Å². The van der Waals surface area contributed by atoms with Gasteiger partial charge in [-0.15, -0.1) is 0 Å². The van der Waals surface area contributed by atoms with Crippen molar-refractivity contribution in [1.29, 1.82) is 0 Å². The predicted octanol–water partition coefficient (Wildman–Crippen LogP) is 2.93. The van der Waals surface area contributed by atoms with Gasteiger partial charge < -0.3 is 10.3 Å². The van der Waals surface area contributed by atoms with Crippen molar-refractivity contribution < 1.29 is 4.79 Å². The highest BCUT2D eigenvalue weighted by Crippen LogP contribution is 2.44. The molecule has 1 fully saturated rings. The van der Waals surface area contributed by atoms with Crippen LogP contribution in [-0.2, 0) is 10.3 Å². The first kappa shape index (κ1) is 21.5. The van der Waals surface area contributed by atoms with E-state index in [1.807, 2.05) is 88.5 Å². The molecule has 6 rings (SSSR count). The van der Waals surface area contributed by atoms with Crippen LogP contribution in [0.5, 0.6) is 0 Å². The molecule has 0 aliphatic carbocycles. The molecule has 6 heteroatoms. The van der Waals surface area contributed by atoms with Gasteiger partial charge >= 0.3 is 0 Å². The number of Topliss-reactive ketones (excluding diaryl/α,β-unsaturated/α-hetero) is 1. The molecule has 6 heterocycles. The summed E-state index contributed by atoms with van der Waals surface area (Å²) in [5.74, 6) is 0.0986. The van der Waals surface area contributed by atoms with Crippen molar-refractivity contribution in [1.82, 2.24) is 15.3 Å². The first-order chi connectivity index (χ1) is 16.7. The van der Waals surface area contributed by atoms with E-state index >= 15 is 0 Å². The number of nitrogens with zero attached hydrogens (tertiary/aromatic N) is 3. The van der Waals surface area contributed by atoms with Crippen LogP contribution in [-0.4, -0.2) is 32.7 Å². The largest absolute Gasteiger partial charge is 0.373 e. The minimum absolute atomic E-state index is 0.0986. The zero-order valence-electron chi connectivity index (χ0n) is 20.3. The van der Waals surface area contributed by atoms with E-state index in [2.05, 4.69) is 33.5 Å². The molecule has 0 aromatic carbocycles. The van der Waals surface area contributed by atoms with E-state index in [4.69, 9.17) is 9.98 Å². The Balaban J connectivity index is 1.63. The fourth-order valence-corrected chi connectivity index (χ4v) is 5.27. The average molecular weight is 462 g/mol. The van der Waals surface area contributed by atoms with Gasteiger partial charge in [-0.2, -0.15) is 0 Å². The second-order valence-corrected chi connectivity index (χ2v) is 10.3. The molecule has 4 aliphatic heterocycles. The maximum Gasteiger partial charge on any atom is 0.173 e. The van der Waals surface area contributed by atoms with Gasteiger partial charge in [0, 0.05) is 28.3 Å². The molecule has 0 saturated carbocycles. The molecule has 35 heavy (non-hydrogen) atoms. The lowest BCUT2D eigenvalue weighted by atomic mass is 9.79. The van der Waals surface area contributed by atoms with Crippen LogP contribution in [0.15, 0.2) is 88.3 Å². The summed E-state index contributed by atoms with van der Waals surface area (Å²) in [5, 5.41) is 5.47. The number of aliphatic imine (C=N–C) groups is 2. The number of ketones is 1. The first-order valence-electron chi connectivity index (χ1n) is 11.8. The molecule has 2 N–H and O–H groups in total. The standard InChI is InChI=1S/C29H27N5O/c1-18-13-19(10-12-30-18)29-11-9-23(33-29)15-22-6-5-20(31-22)14-21-7-8-24(32-21)16-28(4)26(35)27(2,3)25(17-29)34-28/h5-17,31,34H,1-4H3. The van der Waals surface area contributed by atoms with Crippen molar-refractivity contribution in [3.8, 4) is 0 Å². The van der Waals surface area contributed by atoms with Gasteiger partial charge in [-0.05, 0) is 106 Å². The number of aryl methyl sites for hydroxylation is 1. The van der Waals surface area contributed by atoms with Gasteiger partial charge in [-0.25, -0.2) is 4.99 Å². The summed E-state index contributed by atoms with van der Waals surface area (Å²) >= 11 is 0. The number of aromatic amines is 1. The van der Waals surface area contributed by atoms with Gasteiger partial charge in [0.15, 0.2) is 5.78 Å². The smallest absolute Gasteiger partial charge is 0.173 e. The van der Waals surface area contributed by atoms with Crippen LogP contribution in [0.1, 0.15) is 32.0 Å². The zero-order valence-corrected chi connectivity index (χ0v) is 20.3. The number of carbonyl (C=O) groups excluding carboxylic acids is 1. The number of pyridine rings is 1. The number of hydrogen-bond donors (Lipinski definition) is 2. The number of allylic oxidation sites excluding steroid dienone is 4. The van der Waals surface area contributed by atoms with Crippen LogP contribution in [0.4, 0.5) is 0 Å². The monoisotopic (exact) mass is 461 g/mol. The molecule has 6 nitrogen and oxygen atoms in total. The Kier molecular flexibility index (Phi) is 4.43. The Morgan fingerprint density at radius 1 is 0.914 bits per heavy atom. The fourth-order valence-electron chi connectivity index (χ4n) is 5.27. The quantitative estimate of drug-likeness (QED) is 0.685. The summed E-state index contributed by atoms with van der Waals surface area (Å²) in [6, 6.07) is 8.11. The van der Waals surface area contributed by atoms with Gasteiger partial charge in [0.05, 0.1) is 22.5 Å². The molecule has 2 aromatic heterocycles. The van der Waals surface area contributed by atoms with E-state index in [1.54, 1.807) is 0 Å². The predicted molar refractivity (Wildman–Crippen MR) is 139 cm³/mol. The van der Waals surface area contributed by atoms with Gasteiger partial charge in [-0.3, -0.25) is 14.8 Å². The van der Waals surface area contributed by atoms with Crippen LogP contribution < -0.4 is 16.0 Å². The highest BCUT2D eigenvalue weighted by Gasteiger charge is 2.52. The Morgan fingerprint density at radius 2 is 1.69 bits per heavy atom. The van der Waals surface area contributed by atoms with E-state index in [9.17, 15) is 4.79 Å². The Morgan fingerprint density at radius 3 is 2.46 bits per heavy atom. The van der Waals surface area contributed by atoms with Crippen LogP contribution in [0, 0.1) is 12.3 Å². The third-order valence-electron chi connectivity index (χ3n) is 7.11. The molecule has 0 radical (unpaired) electrons. The summed E-state index contributed by atoms with van der Waals surface area (Å²) < 4.78 is 0. The highest BCUT2D eigenvalue weighted by atomic mass is 16.1. The second kappa shape index (κ2) is 7.22. The molecular weight excluding hydrogens is 434 g/mol. The minimum Gasteiger partial charge on any atom is -0.373 e. The van der Waals surface area contributed by atoms with Gasteiger partial charge in [0.2, 0.25) is 0 Å². The summed E-state index contributed by atoms with van der Waals surface area (Å²) in [6.45, 7) is 7.84. The number of nitrogens with one attached hydrogen (secondary N) is 2. The number of hydrogen-bond acceptors (Lipinski definition) is 5. The number of carbonyl (C=O) groups is 1. The summed E-state index contributed by atoms with van der Waals surface area (Å²) in [5.41, 5.74) is 2.85. The van der Waals surface area contributed by atoms with Crippen molar-refractivity contribution in [2.75, 3.05) is 0 Å². The maximum absolute atomic E-state index is 13.7. The zero-order chi connectivity index (χ0) is 24.4. The summed E-state index contributed by atoms with van der Waals surface area (Å²) in [7, 11) is 0. The lowest BCUT2D eigenvalue weighted by Gasteiger charge is -2.26. The highest BCUT2D eigenvalue weighted by molar-refractivity contribution is 6.20. The average Bonchev–Trinajstić information content (AvgIpc) is 3.56. The molecular formula is C29H27N5O. The lowest BCUT2D eigenvalue weighted by Crippen LogP contribution is -2.41. The molecule has 8 bridgehead atoms. The van der Waals surface area contributed by atoms with E-state index < -0.39 is 16.5 Å². The van der Waals surface area contributed by atoms with Crippen LogP contribution in [0.2, 0.25) is 0 Å². The van der Waals surface area contributed by atoms with Crippen LogP contribution in [0.25, 0.3) is 12.2 Å². The maximum atomic E-state index is 13.7. The molecule has 2 unspecified atom stereocenters. The Labute approximate surface area is 204 Å². The summed E-state index contributed by atoms with van der Waals surface area (Å²) in [6.07, 6.45) is 17.9. The lowest BCUT2D eigenvalue weighted by molar-refractivity contribution is -0.126. The number of rotatable bonds is 1. The normalized spacial score (nSPS) is 27.9. The van der Waals surface area contributed by atoms with E-state index in [-0.39, 0.29) is 5.78 Å². The van der Waals surface area contributed by atoms with Gasteiger partial charge in [0.25, 0.3) is 0 Å². The third-order valence-corrected chi connectivity index (χ3v) is 7.11. The number of aromatic nitrogens is 2. The third kappa shape index (κ3) is 3.48. The minimum atomic E-state index is -0.888. The van der Waals surface area contributed by atoms with Gasteiger partial charge in [-0.1, -0.05) is 0 Å². The van der Waals surface area contributed by atoms with Crippen molar-refractivity contribution in [2.45, 2.75) is 38.8 Å². The molecule has 2 aromatic rings. The summed E-state index contributed by atoms with van der Waals surface area (Å²) in [4.78, 5) is 31.5. The van der Waals surface area contributed by atoms with Crippen molar-refractivity contribution in [2.24, 2.45) is 15.4 Å². The fraction of sp³-hybridized carbons (Fsp3) is 0.241. The SMILES string of the molecule is Cc1cc(C23C=CC(=N2)C=c2ccc([nH]2)=CC2=NC(=CC4(C)NC(=C3)C(C)(C)C4=O)C=C2)ccn1. The van der Waals surface area contributed by atoms with Crippen molar-refractivity contribution >= 4 is 29.4 Å². The topological polar surface area (TPSA) is 82.5 Å². The van der Waals surface area contributed by atoms with Crippen molar-refractivity contribution in [3.05, 3.63) is 100 Å². The Bertz CT molecular complexity index is 1590. The first-order valence-corrected chi connectivity index (χ1v) is 11.8. The molecule has 0 amide bonds. The second-order valence-electron chi connectivity index (χ2n) is 10.3. The Hall–Kier alpha value is -4.06.